The van der Waals surface area contributed by atoms with Crippen LogP contribution in [0.3, 0.4) is 0 Å². The van der Waals surface area contributed by atoms with Gasteiger partial charge in [0, 0.05) is 18.8 Å². The highest BCUT2D eigenvalue weighted by atomic mass is 16.2. The van der Waals surface area contributed by atoms with Crippen molar-refractivity contribution in [1.82, 2.24) is 10.2 Å². The Morgan fingerprint density at radius 2 is 1.96 bits per heavy atom. The Balaban J connectivity index is 1.42. The Morgan fingerprint density at radius 1 is 1.12 bits per heavy atom. The van der Waals surface area contributed by atoms with Crippen molar-refractivity contribution in [3.05, 3.63) is 53.6 Å². The van der Waals surface area contributed by atoms with Crippen LogP contribution in [0.25, 0.3) is 11.1 Å². The number of hydrogen-bond donors (Lipinski definition) is 2. The zero-order chi connectivity index (χ0) is 16.5. The van der Waals surface area contributed by atoms with Gasteiger partial charge in [-0.05, 0) is 40.8 Å². The molecule has 122 valence electrons. The van der Waals surface area contributed by atoms with Crippen LogP contribution in [-0.2, 0) is 16.0 Å². The van der Waals surface area contributed by atoms with E-state index in [4.69, 9.17) is 0 Å². The van der Waals surface area contributed by atoms with Crippen LogP contribution in [-0.4, -0.2) is 42.9 Å². The van der Waals surface area contributed by atoms with Crippen LogP contribution in [0.15, 0.2) is 42.5 Å². The molecule has 2 amide bonds. The Morgan fingerprint density at radius 3 is 2.83 bits per heavy atom. The lowest BCUT2D eigenvalue weighted by atomic mass is 10.1. The molecule has 1 fully saturated rings. The van der Waals surface area contributed by atoms with Gasteiger partial charge in [-0.1, -0.05) is 30.3 Å². The molecular formula is C19H19N3O2. The van der Waals surface area contributed by atoms with Gasteiger partial charge in [0.05, 0.1) is 13.1 Å². The first-order chi connectivity index (χ1) is 11.7. The van der Waals surface area contributed by atoms with Crippen molar-refractivity contribution in [1.29, 1.82) is 0 Å². The fourth-order valence-corrected chi connectivity index (χ4v) is 3.40. The van der Waals surface area contributed by atoms with E-state index in [2.05, 4.69) is 47.0 Å². The second-order valence-corrected chi connectivity index (χ2v) is 6.22. The number of nitrogens with zero attached hydrogens (tertiary/aromatic N) is 1. The quantitative estimate of drug-likeness (QED) is 0.771. The van der Waals surface area contributed by atoms with Gasteiger partial charge < -0.3 is 15.5 Å². The topological polar surface area (TPSA) is 61.4 Å². The van der Waals surface area contributed by atoms with E-state index in [-0.39, 0.29) is 24.9 Å². The van der Waals surface area contributed by atoms with Crippen LogP contribution < -0.4 is 10.6 Å². The number of carbonyl (C=O) groups excluding carboxylic acids is 2. The molecule has 5 nitrogen and oxygen atoms in total. The molecule has 0 radical (unpaired) electrons. The minimum Gasteiger partial charge on any atom is -0.376 e. The molecule has 0 atom stereocenters. The summed E-state index contributed by atoms with van der Waals surface area (Å²) in [6.45, 7) is 1.46. The third-order valence-electron chi connectivity index (χ3n) is 4.63. The largest absolute Gasteiger partial charge is 0.376 e. The zero-order valence-corrected chi connectivity index (χ0v) is 13.3. The summed E-state index contributed by atoms with van der Waals surface area (Å²) in [7, 11) is 0. The summed E-state index contributed by atoms with van der Waals surface area (Å²) in [6, 6.07) is 14.7. The molecule has 2 aromatic carbocycles. The molecule has 1 saturated heterocycles. The molecule has 0 unspecified atom stereocenters. The molecule has 1 aliphatic heterocycles. The van der Waals surface area contributed by atoms with Gasteiger partial charge in [0.25, 0.3) is 0 Å². The Bertz CT molecular complexity index is 816. The molecule has 0 spiro atoms. The summed E-state index contributed by atoms with van der Waals surface area (Å²) in [5.74, 6) is -0.140. The lowest BCUT2D eigenvalue weighted by molar-refractivity contribution is -0.136. The lowest BCUT2D eigenvalue weighted by Crippen LogP contribution is -2.51. The van der Waals surface area contributed by atoms with E-state index in [1.54, 1.807) is 4.90 Å². The zero-order valence-electron chi connectivity index (χ0n) is 13.3. The predicted molar refractivity (Wildman–Crippen MR) is 92.8 cm³/mol. The normalized spacial score (nSPS) is 15.5. The standard InChI is InChI=1S/C19H19N3O2/c23-18-12-22(8-7-20-18)19(24)11-21-15-5-6-17-14(10-15)9-13-3-1-2-4-16(13)17/h1-6,10,21H,7-9,11-12H2,(H,20,23). The van der Waals surface area contributed by atoms with Crippen molar-refractivity contribution >= 4 is 17.5 Å². The summed E-state index contributed by atoms with van der Waals surface area (Å²) >= 11 is 0. The molecule has 2 aliphatic rings. The molecule has 0 aromatic heterocycles. The molecule has 5 heteroatoms. The molecule has 1 heterocycles. The van der Waals surface area contributed by atoms with E-state index in [1.807, 2.05) is 6.07 Å². The number of piperazine rings is 1. The van der Waals surface area contributed by atoms with Crippen molar-refractivity contribution in [2.45, 2.75) is 6.42 Å². The maximum Gasteiger partial charge on any atom is 0.242 e. The first-order valence-electron chi connectivity index (χ1n) is 8.20. The summed E-state index contributed by atoms with van der Waals surface area (Å²) in [4.78, 5) is 25.2. The first kappa shape index (κ1) is 14.8. The van der Waals surface area contributed by atoms with Gasteiger partial charge in [-0.15, -0.1) is 0 Å². The number of fused-ring (bicyclic) bond motifs is 3. The molecule has 2 N–H and O–H groups in total. The van der Waals surface area contributed by atoms with Crippen LogP contribution in [0, 0.1) is 0 Å². The summed E-state index contributed by atoms with van der Waals surface area (Å²) < 4.78 is 0. The molecule has 2 aromatic rings. The number of nitrogens with one attached hydrogen (secondary N) is 2. The van der Waals surface area contributed by atoms with Gasteiger partial charge in [-0.25, -0.2) is 0 Å². The third-order valence-corrected chi connectivity index (χ3v) is 4.63. The SMILES string of the molecule is O=C1CN(C(=O)CNc2ccc3c(c2)Cc2ccccc2-3)CCN1. The summed E-state index contributed by atoms with van der Waals surface area (Å²) in [6.07, 6.45) is 0.932. The van der Waals surface area contributed by atoms with Crippen molar-refractivity contribution in [3.63, 3.8) is 0 Å². The van der Waals surface area contributed by atoms with Crippen molar-refractivity contribution < 1.29 is 9.59 Å². The fraction of sp³-hybridized carbons (Fsp3) is 0.263. The maximum absolute atomic E-state index is 12.2. The molecule has 1 aliphatic carbocycles. The number of benzene rings is 2. The molecule has 4 rings (SSSR count). The number of amides is 2. The van der Waals surface area contributed by atoms with Gasteiger partial charge >= 0.3 is 0 Å². The van der Waals surface area contributed by atoms with Gasteiger partial charge in [0.2, 0.25) is 11.8 Å². The van der Waals surface area contributed by atoms with E-state index in [0.717, 1.165) is 12.1 Å². The van der Waals surface area contributed by atoms with Gasteiger partial charge in [0.15, 0.2) is 0 Å². The van der Waals surface area contributed by atoms with Gasteiger partial charge in [0.1, 0.15) is 0 Å². The minimum absolute atomic E-state index is 0.0476. The lowest BCUT2D eigenvalue weighted by Gasteiger charge is -2.26. The third kappa shape index (κ3) is 2.73. The first-order valence-corrected chi connectivity index (χ1v) is 8.20. The van der Waals surface area contributed by atoms with Crippen LogP contribution in [0.4, 0.5) is 5.69 Å². The van der Waals surface area contributed by atoms with Crippen molar-refractivity contribution in [2.24, 2.45) is 0 Å². The van der Waals surface area contributed by atoms with E-state index in [1.165, 1.54) is 22.3 Å². The molecule has 0 bridgehead atoms. The number of hydrogen-bond acceptors (Lipinski definition) is 3. The predicted octanol–water partition coefficient (Wildman–Crippen LogP) is 1.63. The van der Waals surface area contributed by atoms with Crippen LogP contribution in [0.5, 0.6) is 0 Å². The summed E-state index contributed by atoms with van der Waals surface area (Å²) in [5.41, 5.74) is 6.15. The minimum atomic E-state index is -0.0927. The highest BCUT2D eigenvalue weighted by Crippen LogP contribution is 2.37. The van der Waals surface area contributed by atoms with E-state index in [9.17, 15) is 9.59 Å². The second kappa shape index (κ2) is 6.00. The van der Waals surface area contributed by atoms with Gasteiger partial charge in [-0.3, -0.25) is 9.59 Å². The number of carbonyl (C=O) groups is 2. The van der Waals surface area contributed by atoms with E-state index < -0.39 is 0 Å². The molecule has 0 saturated carbocycles. The fourth-order valence-electron chi connectivity index (χ4n) is 3.40. The summed E-state index contributed by atoms with van der Waals surface area (Å²) in [5, 5.41) is 5.91. The number of anilines is 1. The monoisotopic (exact) mass is 321 g/mol. The highest BCUT2D eigenvalue weighted by molar-refractivity contribution is 5.88. The van der Waals surface area contributed by atoms with Crippen LogP contribution in [0.2, 0.25) is 0 Å². The average Bonchev–Trinajstić information content (AvgIpc) is 2.97. The smallest absolute Gasteiger partial charge is 0.242 e. The second-order valence-electron chi connectivity index (χ2n) is 6.22. The van der Waals surface area contributed by atoms with Crippen molar-refractivity contribution in [2.75, 3.05) is 31.5 Å². The highest BCUT2D eigenvalue weighted by Gasteiger charge is 2.21. The molecular weight excluding hydrogens is 302 g/mol. The van der Waals surface area contributed by atoms with Crippen LogP contribution >= 0.6 is 0 Å². The van der Waals surface area contributed by atoms with Gasteiger partial charge in [-0.2, -0.15) is 0 Å². The number of rotatable bonds is 3. The Labute approximate surface area is 140 Å². The average molecular weight is 321 g/mol. The Hall–Kier alpha value is -2.82. The van der Waals surface area contributed by atoms with Crippen LogP contribution in [0.1, 0.15) is 11.1 Å². The van der Waals surface area contributed by atoms with Crippen molar-refractivity contribution in [3.8, 4) is 11.1 Å². The maximum atomic E-state index is 12.2. The Kier molecular flexibility index (Phi) is 3.69. The van der Waals surface area contributed by atoms with E-state index in [0.29, 0.717) is 13.1 Å². The molecule has 24 heavy (non-hydrogen) atoms. The van der Waals surface area contributed by atoms with E-state index >= 15 is 0 Å².